The Labute approximate surface area is 173 Å². The summed E-state index contributed by atoms with van der Waals surface area (Å²) in [5, 5.41) is 14.8. The zero-order valence-electron chi connectivity index (χ0n) is 18.0. The van der Waals surface area contributed by atoms with Gasteiger partial charge in [0.2, 0.25) is 0 Å². The third-order valence-corrected chi connectivity index (χ3v) is 6.34. The van der Waals surface area contributed by atoms with Gasteiger partial charge in [0.15, 0.2) is 5.75 Å². The first-order chi connectivity index (χ1) is 13.8. The second kappa shape index (κ2) is 8.00. The maximum absolute atomic E-state index is 10.5. The predicted octanol–water partition coefficient (Wildman–Crippen LogP) is 3.58. The van der Waals surface area contributed by atoms with Crippen LogP contribution in [-0.2, 0) is 7.05 Å². The Morgan fingerprint density at radius 2 is 2.07 bits per heavy atom. The quantitative estimate of drug-likeness (QED) is 0.833. The smallest absolute Gasteiger partial charge is 0.163 e. The Hall–Kier alpha value is -2.05. The second-order valence-corrected chi connectivity index (χ2v) is 8.92. The Kier molecular flexibility index (Phi) is 5.58. The topological polar surface area (TPSA) is 59.8 Å². The van der Waals surface area contributed by atoms with E-state index < -0.39 is 6.10 Å². The molecule has 0 bridgehead atoms. The van der Waals surface area contributed by atoms with Gasteiger partial charge in [0, 0.05) is 33.1 Å². The molecule has 6 heteroatoms. The number of hydrogen-bond acceptors (Lipinski definition) is 5. The van der Waals surface area contributed by atoms with Crippen molar-refractivity contribution < 1.29 is 14.6 Å². The normalized spacial score (nSPS) is 21.2. The fourth-order valence-electron chi connectivity index (χ4n) is 4.69. The van der Waals surface area contributed by atoms with Gasteiger partial charge in [-0.15, -0.1) is 0 Å². The third-order valence-electron chi connectivity index (χ3n) is 6.34. The lowest BCUT2D eigenvalue weighted by Crippen LogP contribution is -2.51. The van der Waals surface area contributed by atoms with Crippen molar-refractivity contribution >= 4 is 0 Å². The minimum Gasteiger partial charge on any atom is -0.492 e. The van der Waals surface area contributed by atoms with Gasteiger partial charge in [-0.3, -0.25) is 9.58 Å². The molecule has 4 rings (SSSR count). The number of hydrogen-bond donors (Lipinski definition) is 1. The molecule has 0 amide bonds. The van der Waals surface area contributed by atoms with Gasteiger partial charge in [-0.2, -0.15) is 5.10 Å². The first-order valence-corrected chi connectivity index (χ1v) is 10.7. The van der Waals surface area contributed by atoms with Crippen LogP contribution in [0.3, 0.4) is 0 Å². The lowest BCUT2D eigenvalue weighted by atomic mass is 9.83. The fourth-order valence-corrected chi connectivity index (χ4v) is 4.69. The minimum absolute atomic E-state index is 0.267. The van der Waals surface area contributed by atoms with E-state index >= 15 is 0 Å². The van der Waals surface area contributed by atoms with Gasteiger partial charge in [-0.05, 0) is 48.9 Å². The number of aryl methyl sites for hydroxylation is 2. The van der Waals surface area contributed by atoms with E-state index in [1.54, 1.807) is 4.68 Å². The molecule has 1 N–H and O–H groups in total. The minimum atomic E-state index is -0.535. The highest BCUT2D eigenvalue weighted by Crippen LogP contribution is 2.43. The van der Waals surface area contributed by atoms with Crippen LogP contribution in [0.2, 0.25) is 0 Å². The third kappa shape index (κ3) is 4.28. The van der Waals surface area contributed by atoms with Gasteiger partial charge < -0.3 is 14.6 Å². The molecular formula is C23H33N3O3. The summed E-state index contributed by atoms with van der Waals surface area (Å²) in [6.07, 6.45) is 3.79. The number of rotatable bonds is 5. The van der Waals surface area contributed by atoms with E-state index in [0.29, 0.717) is 24.6 Å². The van der Waals surface area contributed by atoms with E-state index in [-0.39, 0.29) is 5.60 Å². The summed E-state index contributed by atoms with van der Waals surface area (Å²) < 4.78 is 14.0. The van der Waals surface area contributed by atoms with E-state index in [4.69, 9.17) is 9.47 Å². The van der Waals surface area contributed by atoms with Crippen molar-refractivity contribution in [2.45, 2.75) is 57.7 Å². The number of benzene rings is 1. The molecule has 2 aliphatic heterocycles. The van der Waals surface area contributed by atoms with Crippen LogP contribution in [0.25, 0.3) is 0 Å². The molecule has 158 valence electrons. The van der Waals surface area contributed by atoms with Crippen molar-refractivity contribution in [2.75, 3.05) is 26.2 Å². The van der Waals surface area contributed by atoms with Crippen LogP contribution in [0.15, 0.2) is 24.4 Å². The number of aliphatic hydroxyl groups excluding tert-OH is 1. The van der Waals surface area contributed by atoms with E-state index in [9.17, 15) is 5.11 Å². The molecule has 1 aromatic heterocycles. The molecule has 6 nitrogen and oxygen atoms in total. The van der Waals surface area contributed by atoms with Crippen molar-refractivity contribution in [1.82, 2.24) is 14.7 Å². The van der Waals surface area contributed by atoms with Crippen molar-refractivity contribution in [3.8, 4) is 11.5 Å². The fraction of sp³-hybridized carbons (Fsp3) is 0.609. The summed E-state index contributed by atoms with van der Waals surface area (Å²) >= 11 is 0. The Bertz CT molecular complexity index is 853. The van der Waals surface area contributed by atoms with Crippen molar-refractivity contribution in [3.05, 3.63) is 41.2 Å². The molecule has 2 aliphatic rings. The monoisotopic (exact) mass is 399 g/mol. The number of aromatic nitrogens is 2. The molecule has 1 aromatic carbocycles. The van der Waals surface area contributed by atoms with Crippen molar-refractivity contribution in [3.63, 3.8) is 0 Å². The van der Waals surface area contributed by atoms with Gasteiger partial charge >= 0.3 is 0 Å². The van der Waals surface area contributed by atoms with Gasteiger partial charge in [0.25, 0.3) is 0 Å². The lowest BCUT2D eigenvalue weighted by Gasteiger charge is -2.44. The number of ether oxygens (including phenoxy) is 2. The first kappa shape index (κ1) is 20.2. The molecular weight excluding hydrogens is 366 g/mol. The van der Waals surface area contributed by atoms with Crippen molar-refractivity contribution in [1.29, 1.82) is 0 Å². The average molecular weight is 400 g/mol. The summed E-state index contributed by atoms with van der Waals surface area (Å²) in [6.45, 7) is 10.1. The standard InChI is InChI=1S/C23H33N3O3/c1-16(2)19-6-5-18(13-17(19)3)28-12-11-26-9-7-23(8-10-26)14-20(27)22-21(29-23)15-25(4)24-22/h5-6,13,15-16,20,27H,7-12,14H2,1-4H3. The van der Waals surface area contributed by atoms with Gasteiger partial charge in [0.1, 0.15) is 29.8 Å². The molecule has 2 aromatic rings. The van der Waals surface area contributed by atoms with E-state index in [1.807, 2.05) is 13.2 Å². The van der Waals surface area contributed by atoms with E-state index in [1.165, 1.54) is 11.1 Å². The van der Waals surface area contributed by atoms with Crippen LogP contribution in [0.5, 0.6) is 11.5 Å². The number of piperidine rings is 1. The molecule has 3 heterocycles. The first-order valence-electron chi connectivity index (χ1n) is 10.7. The lowest BCUT2D eigenvalue weighted by molar-refractivity contribution is -0.0557. The predicted molar refractivity (Wildman–Crippen MR) is 113 cm³/mol. The largest absolute Gasteiger partial charge is 0.492 e. The van der Waals surface area contributed by atoms with Crippen molar-refractivity contribution in [2.24, 2.45) is 7.05 Å². The van der Waals surface area contributed by atoms with E-state index in [2.05, 4.69) is 49.0 Å². The summed E-state index contributed by atoms with van der Waals surface area (Å²) in [6, 6.07) is 6.40. The van der Waals surface area contributed by atoms with Gasteiger partial charge in [0.05, 0.1) is 6.20 Å². The SMILES string of the molecule is Cc1cc(OCCN2CCC3(CC2)CC(O)c2nn(C)cc2O3)ccc1C(C)C. The molecule has 1 fully saturated rings. The Balaban J connectivity index is 1.27. The number of fused-ring (bicyclic) bond motifs is 1. The Morgan fingerprint density at radius 1 is 1.31 bits per heavy atom. The second-order valence-electron chi connectivity index (χ2n) is 8.92. The molecule has 0 saturated carbocycles. The molecule has 1 saturated heterocycles. The summed E-state index contributed by atoms with van der Waals surface area (Å²) in [7, 11) is 1.86. The molecule has 1 atom stereocenters. The van der Waals surface area contributed by atoms with Gasteiger partial charge in [-0.1, -0.05) is 19.9 Å². The van der Waals surface area contributed by atoms with Gasteiger partial charge in [-0.25, -0.2) is 0 Å². The number of nitrogens with zero attached hydrogens (tertiary/aromatic N) is 3. The maximum Gasteiger partial charge on any atom is 0.163 e. The molecule has 29 heavy (non-hydrogen) atoms. The molecule has 1 spiro atoms. The Morgan fingerprint density at radius 3 is 2.76 bits per heavy atom. The summed E-state index contributed by atoms with van der Waals surface area (Å²) in [5.41, 5.74) is 3.08. The summed E-state index contributed by atoms with van der Waals surface area (Å²) in [4.78, 5) is 2.43. The number of aliphatic hydroxyl groups is 1. The maximum atomic E-state index is 10.5. The highest BCUT2D eigenvalue weighted by atomic mass is 16.5. The van der Waals surface area contributed by atoms with Crippen LogP contribution in [-0.4, -0.2) is 51.6 Å². The zero-order valence-corrected chi connectivity index (χ0v) is 18.0. The van der Waals surface area contributed by atoms with Crippen LogP contribution < -0.4 is 9.47 Å². The zero-order chi connectivity index (χ0) is 20.6. The molecule has 0 radical (unpaired) electrons. The number of likely N-dealkylation sites (tertiary alicyclic amines) is 1. The highest BCUT2D eigenvalue weighted by molar-refractivity contribution is 5.36. The van der Waals surface area contributed by atoms with Crippen LogP contribution >= 0.6 is 0 Å². The molecule has 0 aliphatic carbocycles. The van der Waals surface area contributed by atoms with E-state index in [0.717, 1.165) is 44.0 Å². The molecule has 1 unspecified atom stereocenters. The van der Waals surface area contributed by atoms with Crippen LogP contribution in [0.1, 0.15) is 62.0 Å². The average Bonchev–Trinajstić information content (AvgIpc) is 3.04. The van der Waals surface area contributed by atoms with Crippen LogP contribution in [0.4, 0.5) is 0 Å². The highest BCUT2D eigenvalue weighted by Gasteiger charge is 2.44. The van der Waals surface area contributed by atoms with Crippen LogP contribution in [0, 0.1) is 6.92 Å². The summed E-state index contributed by atoms with van der Waals surface area (Å²) in [5.74, 6) is 2.22.